The minimum absolute atomic E-state index is 0.174. The average Bonchev–Trinajstić information content (AvgIpc) is 3.17. The molecule has 0 saturated carbocycles. The van der Waals surface area contributed by atoms with E-state index in [1.54, 1.807) is 22.9 Å². The predicted octanol–water partition coefficient (Wildman–Crippen LogP) is 3.79. The maximum atomic E-state index is 13.4. The van der Waals surface area contributed by atoms with Gasteiger partial charge in [0.25, 0.3) is 0 Å². The molecule has 30 heavy (non-hydrogen) atoms. The highest BCUT2D eigenvalue weighted by atomic mass is 35.5. The van der Waals surface area contributed by atoms with Crippen molar-refractivity contribution in [3.05, 3.63) is 72.2 Å². The van der Waals surface area contributed by atoms with Gasteiger partial charge in [-0.15, -0.1) is 14.8 Å². The van der Waals surface area contributed by atoms with Gasteiger partial charge in [-0.25, -0.2) is 9.07 Å². The van der Waals surface area contributed by atoms with Crippen LogP contribution in [-0.2, 0) is 11.5 Å². The summed E-state index contributed by atoms with van der Waals surface area (Å²) in [5.41, 5.74) is 5.27. The molecule has 1 aliphatic rings. The Labute approximate surface area is 177 Å². The van der Waals surface area contributed by atoms with Crippen molar-refractivity contribution >= 4 is 23.4 Å². The van der Waals surface area contributed by atoms with Crippen molar-refractivity contribution in [2.24, 2.45) is 5.10 Å². The van der Waals surface area contributed by atoms with E-state index in [1.807, 2.05) is 37.3 Å². The van der Waals surface area contributed by atoms with Crippen molar-refractivity contribution in [2.75, 3.05) is 6.61 Å². The summed E-state index contributed by atoms with van der Waals surface area (Å²) in [7, 11) is 0. The molecule has 1 N–H and O–H groups in total. The van der Waals surface area contributed by atoms with E-state index in [1.165, 1.54) is 12.1 Å². The SMILES string of the molecule is CCOCn1nnc(-c2ccc(F)cc2)c1C1=CC(Oc2ccccc2)=NN(Cl)N1. The van der Waals surface area contributed by atoms with Crippen LogP contribution in [0, 0.1) is 5.82 Å². The minimum Gasteiger partial charge on any atom is -0.437 e. The van der Waals surface area contributed by atoms with Crippen LogP contribution in [0.25, 0.3) is 17.0 Å². The van der Waals surface area contributed by atoms with Crippen molar-refractivity contribution in [2.45, 2.75) is 13.7 Å². The third-order valence-corrected chi connectivity index (χ3v) is 4.32. The highest BCUT2D eigenvalue weighted by molar-refractivity contribution is 6.14. The lowest BCUT2D eigenvalue weighted by Gasteiger charge is -2.22. The Morgan fingerprint density at radius 3 is 2.60 bits per heavy atom. The fourth-order valence-corrected chi connectivity index (χ4v) is 2.99. The van der Waals surface area contributed by atoms with E-state index in [2.05, 4.69) is 20.8 Å². The quantitative estimate of drug-likeness (QED) is 0.602. The van der Waals surface area contributed by atoms with Crippen molar-refractivity contribution in [1.82, 2.24) is 25.1 Å². The van der Waals surface area contributed by atoms with Gasteiger partial charge < -0.3 is 9.47 Å². The topological polar surface area (TPSA) is 76.8 Å². The minimum atomic E-state index is -0.338. The lowest BCUT2D eigenvalue weighted by Crippen LogP contribution is -2.32. The van der Waals surface area contributed by atoms with Crippen molar-refractivity contribution in [1.29, 1.82) is 0 Å². The van der Waals surface area contributed by atoms with Gasteiger partial charge in [-0.1, -0.05) is 23.4 Å². The second-order valence-corrected chi connectivity index (χ2v) is 6.52. The van der Waals surface area contributed by atoms with Crippen LogP contribution in [0.2, 0.25) is 0 Å². The Kier molecular flexibility index (Phi) is 5.92. The number of hydrogen-bond donors (Lipinski definition) is 1. The molecule has 0 bridgehead atoms. The summed E-state index contributed by atoms with van der Waals surface area (Å²) in [6.45, 7) is 2.56. The highest BCUT2D eigenvalue weighted by Gasteiger charge is 2.24. The molecule has 2 heterocycles. The van der Waals surface area contributed by atoms with Crippen LogP contribution >= 0.6 is 11.8 Å². The first-order chi connectivity index (χ1) is 14.6. The van der Waals surface area contributed by atoms with E-state index in [0.29, 0.717) is 35.0 Å². The number of ether oxygens (including phenoxy) is 2. The smallest absolute Gasteiger partial charge is 0.241 e. The summed E-state index contributed by atoms with van der Waals surface area (Å²) in [5.74, 6) is 0.535. The molecule has 0 aliphatic carbocycles. The molecule has 0 saturated heterocycles. The second-order valence-electron chi connectivity index (χ2n) is 6.20. The molecule has 0 amide bonds. The van der Waals surface area contributed by atoms with Gasteiger partial charge in [0.15, 0.2) is 0 Å². The normalized spacial score (nSPS) is 13.5. The number of hydrazine groups is 1. The van der Waals surface area contributed by atoms with E-state index in [-0.39, 0.29) is 18.4 Å². The Balaban J connectivity index is 1.74. The summed E-state index contributed by atoms with van der Waals surface area (Å²) in [5, 5.41) is 12.6. The summed E-state index contributed by atoms with van der Waals surface area (Å²) < 4.78 is 27.3. The molecule has 1 aliphatic heterocycles. The molecule has 0 fully saturated rings. The maximum Gasteiger partial charge on any atom is 0.241 e. The Morgan fingerprint density at radius 2 is 1.87 bits per heavy atom. The van der Waals surface area contributed by atoms with Gasteiger partial charge in [-0.3, -0.25) is 5.43 Å². The third kappa shape index (κ3) is 4.42. The Hall–Kier alpha value is -3.43. The monoisotopic (exact) mass is 428 g/mol. The second kappa shape index (κ2) is 8.93. The van der Waals surface area contributed by atoms with Crippen LogP contribution in [0.15, 0.2) is 65.8 Å². The molecule has 8 nitrogen and oxygen atoms in total. The molecule has 0 radical (unpaired) electrons. The van der Waals surface area contributed by atoms with Gasteiger partial charge in [0.2, 0.25) is 5.90 Å². The van der Waals surface area contributed by atoms with Crippen LogP contribution in [0.1, 0.15) is 12.6 Å². The molecule has 154 valence electrons. The van der Waals surface area contributed by atoms with Gasteiger partial charge in [0.1, 0.15) is 29.7 Å². The summed E-state index contributed by atoms with van der Waals surface area (Å²) >= 11 is 6.15. The molecular weight excluding hydrogens is 411 g/mol. The first kappa shape index (κ1) is 19.9. The zero-order valence-electron chi connectivity index (χ0n) is 16.0. The number of benzene rings is 2. The zero-order chi connectivity index (χ0) is 20.9. The lowest BCUT2D eigenvalue weighted by molar-refractivity contribution is 0.0770. The van der Waals surface area contributed by atoms with Crippen LogP contribution < -0.4 is 10.2 Å². The largest absolute Gasteiger partial charge is 0.437 e. The molecule has 2 aromatic carbocycles. The number of para-hydroxylation sites is 1. The van der Waals surface area contributed by atoms with E-state index in [4.69, 9.17) is 21.3 Å². The number of aromatic nitrogens is 3. The number of hydrogen-bond acceptors (Lipinski definition) is 7. The molecule has 4 rings (SSSR count). The van der Waals surface area contributed by atoms with Crippen LogP contribution in [0.3, 0.4) is 0 Å². The highest BCUT2D eigenvalue weighted by Crippen LogP contribution is 2.28. The average molecular weight is 429 g/mol. The standard InChI is InChI=1S/C20H18ClFN6O2/c1-2-29-13-27-20(19(23-26-27)14-8-10-15(22)11-9-14)17-12-18(25-28(21)24-17)30-16-6-4-3-5-7-16/h3-12,24H,2,13H2,1H3. The van der Waals surface area contributed by atoms with E-state index in [9.17, 15) is 4.39 Å². The van der Waals surface area contributed by atoms with Crippen LogP contribution in [0.4, 0.5) is 4.39 Å². The Bertz CT molecular complexity index is 1070. The van der Waals surface area contributed by atoms with E-state index in [0.717, 1.165) is 4.64 Å². The lowest BCUT2D eigenvalue weighted by atomic mass is 10.1. The van der Waals surface area contributed by atoms with Crippen LogP contribution in [-0.4, -0.2) is 32.1 Å². The summed E-state index contributed by atoms with van der Waals surface area (Å²) in [6.07, 6.45) is 1.68. The fraction of sp³-hybridized carbons (Fsp3) is 0.150. The number of nitrogens with one attached hydrogen (secondary N) is 1. The van der Waals surface area contributed by atoms with Crippen molar-refractivity contribution in [3.8, 4) is 17.0 Å². The van der Waals surface area contributed by atoms with Crippen molar-refractivity contribution in [3.63, 3.8) is 0 Å². The van der Waals surface area contributed by atoms with E-state index < -0.39 is 0 Å². The molecule has 1 aromatic heterocycles. The molecule has 3 aromatic rings. The van der Waals surface area contributed by atoms with Gasteiger partial charge in [0, 0.05) is 18.2 Å². The van der Waals surface area contributed by atoms with Gasteiger partial charge in [0.05, 0.1) is 17.5 Å². The first-order valence-corrected chi connectivity index (χ1v) is 9.51. The number of halogens is 2. The first-order valence-electron chi connectivity index (χ1n) is 9.17. The number of nitrogens with zero attached hydrogens (tertiary/aromatic N) is 5. The van der Waals surface area contributed by atoms with Gasteiger partial charge >= 0.3 is 0 Å². The predicted molar refractivity (Wildman–Crippen MR) is 110 cm³/mol. The Morgan fingerprint density at radius 1 is 1.10 bits per heavy atom. The van der Waals surface area contributed by atoms with Gasteiger partial charge in [-0.2, -0.15) is 0 Å². The summed E-state index contributed by atoms with van der Waals surface area (Å²) in [6, 6.07) is 15.2. The zero-order valence-corrected chi connectivity index (χ0v) is 16.8. The molecule has 10 heteroatoms. The molecule has 0 atom stereocenters. The number of rotatable bonds is 6. The van der Waals surface area contributed by atoms with Crippen LogP contribution in [0.5, 0.6) is 5.75 Å². The molecule has 0 unspecified atom stereocenters. The van der Waals surface area contributed by atoms with Gasteiger partial charge in [-0.05, 0) is 43.3 Å². The fourth-order valence-electron chi connectivity index (χ4n) is 2.83. The van der Waals surface area contributed by atoms with Crippen molar-refractivity contribution < 1.29 is 13.9 Å². The summed E-state index contributed by atoms with van der Waals surface area (Å²) in [4.78, 5) is 0. The third-order valence-electron chi connectivity index (χ3n) is 4.16. The molecular formula is C20H18ClFN6O2. The number of hydrazone groups is 1. The molecule has 0 spiro atoms. The maximum absolute atomic E-state index is 13.4. The van der Waals surface area contributed by atoms with E-state index >= 15 is 0 Å².